The van der Waals surface area contributed by atoms with Crippen molar-refractivity contribution in [1.82, 2.24) is 14.7 Å². The molecule has 1 aromatic heterocycles. The fourth-order valence-corrected chi connectivity index (χ4v) is 4.46. The molecular weight excluding hydrogens is 476 g/mol. The first kappa shape index (κ1) is 25.4. The zero-order valence-electron chi connectivity index (χ0n) is 21.0. The maximum atomic E-state index is 11.5. The number of hydrogen-bond acceptors (Lipinski definition) is 7. The molecule has 4 rings (SSSR count). The van der Waals surface area contributed by atoms with E-state index in [9.17, 15) is 8.42 Å². The van der Waals surface area contributed by atoms with Crippen LogP contribution in [0.2, 0.25) is 0 Å². The Bertz CT molecular complexity index is 1510. The predicted octanol–water partition coefficient (Wildman–Crippen LogP) is 4.84. The lowest BCUT2D eigenvalue weighted by Gasteiger charge is -2.18. The maximum Gasteiger partial charge on any atom is 0.209 e. The number of nitrogens with zero attached hydrogens (tertiary/aromatic N) is 2. The van der Waals surface area contributed by atoms with Gasteiger partial charge in [-0.05, 0) is 54.3 Å². The largest absolute Gasteiger partial charge is 0.493 e. The summed E-state index contributed by atoms with van der Waals surface area (Å²) in [6.45, 7) is 4.19. The Hall–Kier alpha value is -3.69. The Morgan fingerprint density at radius 1 is 0.917 bits per heavy atom. The van der Waals surface area contributed by atoms with Gasteiger partial charge in [0, 0.05) is 24.0 Å². The minimum absolute atomic E-state index is 0.0503. The van der Waals surface area contributed by atoms with Gasteiger partial charge in [-0.2, -0.15) is 0 Å². The van der Waals surface area contributed by atoms with E-state index in [2.05, 4.69) is 39.1 Å². The van der Waals surface area contributed by atoms with Crippen LogP contribution in [-0.2, 0) is 16.6 Å². The van der Waals surface area contributed by atoms with E-state index < -0.39 is 10.0 Å². The van der Waals surface area contributed by atoms with Crippen molar-refractivity contribution >= 4 is 26.7 Å². The predicted molar refractivity (Wildman–Crippen MR) is 143 cm³/mol. The molecule has 9 heteroatoms. The molecule has 0 fully saturated rings. The standard InChI is InChI=1S/C27H30N4O4S/c1-17(29-27-23-14-25(34-3)26(35-4)15-24(23)30-18(2)31-27)20-9-7-11-22(13-20)21-10-6-8-19(12-21)16-28-36(5,32)33/h6-15,17,28H,16H2,1-5H3,(H,29,30,31). The molecule has 1 heterocycles. The normalized spacial score (nSPS) is 12.4. The van der Waals surface area contributed by atoms with Crippen molar-refractivity contribution in [2.75, 3.05) is 25.8 Å². The summed E-state index contributed by atoms with van der Waals surface area (Å²) < 4.78 is 36.4. The molecule has 3 aromatic carbocycles. The summed E-state index contributed by atoms with van der Waals surface area (Å²) in [5.74, 6) is 2.59. The van der Waals surface area contributed by atoms with E-state index in [1.54, 1.807) is 14.2 Å². The van der Waals surface area contributed by atoms with E-state index >= 15 is 0 Å². The molecule has 0 radical (unpaired) electrons. The second-order valence-electron chi connectivity index (χ2n) is 8.63. The summed E-state index contributed by atoms with van der Waals surface area (Å²) in [6.07, 6.45) is 1.16. The lowest BCUT2D eigenvalue weighted by atomic mass is 9.98. The number of ether oxygens (including phenoxy) is 2. The molecule has 0 amide bonds. The zero-order chi connectivity index (χ0) is 25.9. The number of methoxy groups -OCH3 is 2. The third kappa shape index (κ3) is 5.92. The molecule has 0 aliphatic rings. The van der Waals surface area contributed by atoms with Gasteiger partial charge in [-0.15, -0.1) is 0 Å². The summed E-state index contributed by atoms with van der Waals surface area (Å²) >= 11 is 0. The van der Waals surface area contributed by atoms with E-state index in [1.807, 2.05) is 55.5 Å². The molecule has 0 spiro atoms. The fraction of sp³-hybridized carbons (Fsp3) is 0.259. The third-order valence-electron chi connectivity index (χ3n) is 5.85. The third-order valence-corrected chi connectivity index (χ3v) is 6.52. The number of aromatic nitrogens is 2. The molecular formula is C27H30N4O4S. The second kappa shape index (κ2) is 10.5. The molecule has 0 saturated heterocycles. The average molecular weight is 507 g/mol. The van der Waals surface area contributed by atoms with Crippen LogP contribution in [0.4, 0.5) is 5.82 Å². The highest BCUT2D eigenvalue weighted by atomic mass is 32.2. The highest BCUT2D eigenvalue weighted by Crippen LogP contribution is 2.35. The van der Waals surface area contributed by atoms with Gasteiger partial charge in [-0.3, -0.25) is 0 Å². The highest BCUT2D eigenvalue weighted by molar-refractivity contribution is 7.88. The number of fused-ring (bicyclic) bond motifs is 1. The van der Waals surface area contributed by atoms with Gasteiger partial charge in [0.25, 0.3) is 0 Å². The Morgan fingerprint density at radius 3 is 2.28 bits per heavy atom. The molecule has 36 heavy (non-hydrogen) atoms. The van der Waals surface area contributed by atoms with Gasteiger partial charge in [0.2, 0.25) is 10.0 Å². The summed E-state index contributed by atoms with van der Waals surface area (Å²) in [5, 5.41) is 4.37. The zero-order valence-corrected chi connectivity index (χ0v) is 21.8. The number of rotatable bonds is 9. The van der Waals surface area contributed by atoms with Crippen LogP contribution in [0, 0.1) is 6.92 Å². The highest BCUT2D eigenvalue weighted by Gasteiger charge is 2.15. The lowest BCUT2D eigenvalue weighted by Crippen LogP contribution is -2.21. The smallest absolute Gasteiger partial charge is 0.209 e. The van der Waals surface area contributed by atoms with E-state index in [-0.39, 0.29) is 12.6 Å². The average Bonchev–Trinajstić information content (AvgIpc) is 2.86. The van der Waals surface area contributed by atoms with Crippen LogP contribution < -0.4 is 19.5 Å². The number of benzene rings is 3. The van der Waals surface area contributed by atoms with Crippen LogP contribution in [0.25, 0.3) is 22.0 Å². The Labute approximate surface area is 211 Å². The number of hydrogen-bond donors (Lipinski definition) is 2. The fourth-order valence-electron chi connectivity index (χ4n) is 4.03. The van der Waals surface area contributed by atoms with Gasteiger partial charge in [0.05, 0.1) is 26.0 Å². The Kier molecular flexibility index (Phi) is 7.42. The number of aryl methyl sites for hydroxylation is 1. The first-order valence-corrected chi connectivity index (χ1v) is 13.4. The van der Waals surface area contributed by atoms with Crippen molar-refractivity contribution in [2.24, 2.45) is 0 Å². The van der Waals surface area contributed by atoms with Crippen LogP contribution in [0.5, 0.6) is 11.5 Å². The molecule has 1 atom stereocenters. The molecule has 0 aliphatic carbocycles. The molecule has 8 nitrogen and oxygen atoms in total. The van der Waals surface area contributed by atoms with E-state index in [0.29, 0.717) is 23.1 Å². The number of anilines is 1. The number of nitrogens with one attached hydrogen (secondary N) is 2. The SMILES string of the molecule is COc1cc2nc(C)nc(NC(C)c3cccc(-c4cccc(CNS(C)(=O)=O)c4)c3)c2cc1OC. The molecule has 4 aromatic rings. The van der Waals surface area contributed by atoms with Gasteiger partial charge in [0.1, 0.15) is 11.6 Å². The van der Waals surface area contributed by atoms with Crippen LogP contribution in [0.1, 0.15) is 29.9 Å². The summed E-state index contributed by atoms with van der Waals surface area (Å²) in [6, 6.07) is 19.8. The van der Waals surface area contributed by atoms with Crippen LogP contribution >= 0.6 is 0 Å². The van der Waals surface area contributed by atoms with Gasteiger partial charge >= 0.3 is 0 Å². The molecule has 188 valence electrons. The first-order valence-electron chi connectivity index (χ1n) is 11.5. The number of sulfonamides is 1. The topological polar surface area (TPSA) is 102 Å². The monoisotopic (exact) mass is 506 g/mol. The Balaban J connectivity index is 1.62. The van der Waals surface area contributed by atoms with E-state index in [4.69, 9.17) is 9.47 Å². The van der Waals surface area contributed by atoms with Crippen LogP contribution in [-0.4, -0.2) is 38.9 Å². The summed E-state index contributed by atoms with van der Waals surface area (Å²) in [4.78, 5) is 9.22. The molecule has 2 N–H and O–H groups in total. The maximum absolute atomic E-state index is 11.5. The first-order chi connectivity index (χ1) is 17.2. The van der Waals surface area contributed by atoms with Gasteiger partial charge in [0.15, 0.2) is 11.5 Å². The van der Waals surface area contributed by atoms with Crippen molar-refractivity contribution in [3.05, 3.63) is 77.6 Å². The van der Waals surface area contributed by atoms with Gasteiger partial charge in [-0.25, -0.2) is 23.1 Å². The summed E-state index contributed by atoms with van der Waals surface area (Å²) in [5.41, 5.74) is 4.79. The minimum atomic E-state index is -3.26. The minimum Gasteiger partial charge on any atom is -0.493 e. The lowest BCUT2D eigenvalue weighted by molar-refractivity contribution is 0.356. The second-order valence-corrected chi connectivity index (χ2v) is 10.5. The van der Waals surface area contributed by atoms with Crippen molar-refractivity contribution in [2.45, 2.75) is 26.4 Å². The van der Waals surface area contributed by atoms with Crippen molar-refractivity contribution in [1.29, 1.82) is 0 Å². The van der Waals surface area contributed by atoms with E-state index in [0.717, 1.165) is 39.4 Å². The quantitative estimate of drug-likeness (QED) is 0.335. The van der Waals surface area contributed by atoms with Crippen LogP contribution in [0.3, 0.4) is 0 Å². The van der Waals surface area contributed by atoms with Crippen molar-refractivity contribution < 1.29 is 17.9 Å². The van der Waals surface area contributed by atoms with Crippen LogP contribution in [0.15, 0.2) is 60.7 Å². The van der Waals surface area contributed by atoms with Gasteiger partial charge in [-0.1, -0.05) is 36.4 Å². The van der Waals surface area contributed by atoms with Gasteiger partial charge < -0.3 is 14.8 Å². The molecule has 0 aliphatic heterocycles. The van der Waals surface area contributed by atoms with Crippen molar-refractivity contribution in [3.63, 3.8) is 0 Å². The van der Waals surface area contributed by atoms with Crippen molar-refractivity contribution in [3.8, 4) is 22.6 Å². The Morgan fingerprint density at radius 2 is 1.58 bits per heavy atom. The van der Waals surface area contributed by atoms with E-state index in [1.165, 1.54) is 0 Å². The molecule has 0 bridgehead atoms. The summed E-state index contributed by atoms with van der Waals surface area (Å²) in [7, 11) is -0.0539. The molecule has 0 saturated carbocycles. The molecule has 1 unspecified atom stereocenters.